The van der Waals surface area contributed by atoms with Crippen LogP contribution in [0, 0.1) is 17.6 Å². The molecule has 0 spiro atoms. The maximum atomic E-state index is 13.5. The van der Waals surface area contributed by atoms with Crippen molar-refractivity contribution >= 4 is 17.6 Å². The zero-order valence-electron chi connectivity index (χ0n) is 10.5. The maximum absolute atomic E-state index is 13.5. The average Bonchev–Trinajstić information content (AvgIpc) is 2.36. The Morgan fingerprint density at radius 2 is 2.17 bits per heavy atom. The minimum absolute atomic E-state index is 0.0384. The summed E-state index contributed by atoms with van der Waals surface area (Å²) in [7, 11) is 0. The first-order chi connectivity index (χ1) is 8.58. The van der Waals surface area contributed by atoms with Crippen LogP contribution in [0.15, 0.2) is 11.1 Å². The molecule has 0 bridgehead atoms. The van der Waals surface area contributed by atoms with E-state index in [0.29, 0.717) is 12.3 Å². The minimum atomic E-state index is -0.680. The van der Waals surface area contributed by atoms with E-state index in [1.807, 2.05) is 13.8 Å². The normalized spacial score (nSPS) is 12.5. The number of pyridine rings is 1. The fourth-order valence-electron chi connectivity index (χ4n) is 1.19. The van der Waals surface area contributed by atoms with Gasteiger partial charge in [0.05, 0.1) is 0 Å². The summed E-state index contributed by atoms with van der Waals surface area (Å²) in [5.74, 6) is -0.671. The molecule has 0 fully saturated rings. The number of aromatic nitrogens is 1. The third-order valence-electron chi connectivity index (χ3n) is 2.26. The van der Waals surface area contributed by atoms with E-state index >= 15 is 0 Å². The molecule has 18 heavy (non-hydrogen) atoms. The summed E-state index contributed by atoms with van der Waals surface area (Å²) in [4.78, 5) is 3.94. The van der Waals surface area contributed by atoms with E-state index in [4.69, 9.17) is 5.11 Å². The molecule has 1 rings (SSSR count). The Morgan fingerprint density at radius 3 is 2.78 bits per heavy atom. The van der Waals surface area contributed by atoms with Gasteiger partial charge < -0.3 is 10.4 Å². The molecule has 0 aliphatic carbocycles. The van der Waals surface area contributed by atoms with Gasteiger partial charge in [-0.05, 0) is 12.3 Å². The van der Waals surface area contributed by atoms with E-state index in [1.165, 1.54) is 11.8 Å². The van der Waals surface area contributed by atoms with Gasteiger partial charge in [0.15, 0.2) is 17.5 Å². The largest absolute Gasteiger partial charge is 0.396 e. The number of aliphatic hydroxyl groups is 1. The van der Waals surface area contributed by atoms with Gasteiger partial charge in [-0.3, -0.25) is 0 Å². The first kappa shape index (κ1) is 15.2. The number of thioether (sulfide) groups is 1. The topological polar surface area (TPSA) is 45.2 Å². The number of rotatable bonds is 7. The highest BCUT2D eigenvalue weighted by Gasteiger charge is 2.13. The van der Waals surface area contributed by atoms with Gasteiger partial charge >= 0.3 is 0 Å². The molecule has 0 radical (unpaired) electrons. The van der Waals surface area contributed by atoms with Gasteiger partial charge in [-0.15, -0.1) is 11.8 Å². The van der Waals surface area contributed by atoms with Crippen molar-refractivity contribution in [3.63, 3.8) is 0 Å². The van der Waals surface area contributed by atoms with Crippen molar-refractivity contribution in [3.8, 4) is 0 Å². The highest BCUT2D eigenvalue weighted by Crippen LogP contribution is 2.25. The van der Waals surface area contributed by atoms with E-state index in [2.05, 4.69) is 10.3 Å². The number of hydrogen-bond donors (Lipinski definition) is 2. The van der Waals surface area contributed by atoms with Gasteiger partial charge in [-0.25, -0.2) is 13.8 Å². The summed E-state index contributed by atoms with van der Waals surface area (Å²) in [5, 5.41) is 11.9. The van der Waals surface area contributed by atoms with Crippen LogP contribution in [-0.4, -0.2) is 29.0 Å². The molecule has 3 nitrogen and oxygen atoms in total. The Labute approximate surface area is 110 Å². The maximum Gasteiger partial charge on any atom is 0.168 e. The molecule has 0 amide bonds. The zero-order chi connectivity index (χ0) is 13.5. The summed E-state index contributed by atoms with van der Waals surface area (Å²) >= 11 is 1.18. The lowest BCUT2D eigenvalue weighted by atomic mass is 10.2. The smallest absolute Gasteiger partial charge is 0.168 e. The summed E-state index contributed by atoms with van der Waals surface area (Å²) in [6, 6.07) is 0.844. The van der Waals surface area contributed by atoms with Crippen LogP contribution in [0.4, 0.5) is 14.6 Å². The zero-order valence-corrected chi connectivity index (χ0v) is 11.4. The Balaban J connectivity index is 2.77. The average molecular weight is 276 g/mol. The van der Waals surface area contributed by atoms with E-state index in [0.717, 1.165) is 12.5 Å². The molecule has 102 valence electrons. The van der Waals surface area contributed by atoms with E-state index in [-0.39, 0.29) is 23.4 Å². The molecule has 0 saturated heterocycles. The van der Waals surface area contributed by atoms with Gasteiger partial charge in [-0.1, -0.05) is 13.8 Å². The fraction of sp³-hybridized carbons (Fsp3) is 0.583. The molecule has 6 heteroatoms. The van der Waals surface area contributed by atoms with Crippen LogP contribution in [0.2, 0.25) is 0 Å². The number of nitrogens with one attached hydrogen (secondary N) is 1. The molecule has 0 aromatic carbocycles. The van der Waals surface area contributed by atoms with Crippen LogP contribution >= 0.6 is 11.8 Å². The van der Waals surface area contributed by atoms with Crippen molar-refractivity contribution in [2.75, 3.05) is 24.2 Å². The predicted molar refractivity (Wildman–Crippen MR) is 69.9 cm³/mol. The first-order valence-electron chi connectivity index (χ1n) is 5.92. The van der Waals surface area contributed by atoms with Crippen molar-refractivity contribution in [1.29, 1.82) is 0 Å². The second-order valence-electron chi connectivity index (χ2n) is 4.13. The minimum Gasteiger partial charge on any atom is -0.396 e. The Bertz CT molecular complexity index is 391. The summed E-state index contributed by atoms with van der Waals surface area (Å²) in [6.45, 7) is 4.43. The van der Waals surface area contributed by atoms with Crippen molar-refractivity contribution in [2.45, 2.75) is 25.3 Å². The Hall–Kier alpha value is -0.880. The van der Waals surface area contributed by atoms with Gasteiger partial charge in [0.25, 0.3) is 0 Å². The molecule has 1 unspecified atom stereocenters. The molecule has 2 N–H and O–H groups in total. The van der Waals surface area contributed by atoms with Gasteiger partial charge in [0, 0.05) is 25.0 Å². The number of hydrogen-bond acceptors (Lipinski definition) is 4. The number of halogens is 2. The lowest BCUT2D eigenvalue weighted by Gasteiger charge is -2.10. The molecule has 0 aliphatic heterocycles. The molecule has 0 saturated carbocycles. The van der Waals surface area contributed by atoms with Gasteiger partial charge in [0.1, 0.15) is 5.03 Å². The van der Waals surface area contributed by atoms with Crippen molar-refractivity contribution < 1.29 is 13.9 Å². The Kier molecular flexibility index (Phi) is 6.35. The predicted octanol–water partition coefficient (Wildman–Crippen LogP) is 2.90. The first-order valence-corrected chi connectivity index (χ1v) is 6.90. The molecule has 1 aromatic rings. The number of aliphatic hydroxyl groups excluding tert-OH is 1. The standard InChI is InChI=1S/C12H18F2N2OS/c1-3-4-15-11-9(13)5-10(14)12(16-11)18-7-8(2)6-17/h5,8,17H,3-4,6-7H2,1-2H3,(H,15,16). The van der Waals surface area contributed by atoms with Crippen molar-refractivity contribution in [1.82, 2.24) is 4.98 Å². The van der Waals surface area contributed by atoms with Crippen molar-refractivity contribution in [2.24, 2.45) is 5.92 Å². The molecular formula is C12H18F2N2OS. The second-order valence-corrected chi connectivity index (χ2v) is 5.14. The van der Waals surface area contributed by atoms with Crippen LogP contribution in [0.5, 0.6) is 0 Å². The Morgan fingerprint density at radius 1 is 1.44 bits per heavy atom. The third kappa shape index (κ3) is 4.42. The van der Waals surface area contributed by atoms with Crippen LogP contribution < -0.4 is 5.32 Å². The van der Waals surface area contributed by atoms with Crippen LogP contribution in [0.1, 0.15) is 20.3 Å². The van der Waals surface area contributed by atoms with E-state index < -0.39 is 11.6 Å². The SMILES string of the molecule is CCCNc1nc(SCC(C)CO)c(F)cc1F. The lowest BCUT2D eigenvalue weighted by molar-refractivity contribution is 0.250. The van der Waals surface area contributed by atoms with Crippen LogP contribution in [0.25, 0.3) is 0 Å². The molecule has 1 atom stereocenters. The second kappa shape index (κ2) is 7.53. The highest BCUT2D eigenvalue weighted by atomic mass is 32.2. The number of nitrogens with zero attached hydrogens (tertiary/aromatic N) is 1. The van der Waals surface area contributed by atoms with E-state index in [1.54, 1.807) is 0 Å². The van der Waals surface area contributed by atoms with Crippen LogP contribution in [0.3, 0.4) is 0 Å². The lowest BCUT2D eigenvalue weighted by Crippen LogP contribution is -2.07. The van der Waals surface area contributed by atoms with Crippen molar-refractivity contribution in [3.05, 3.63) is 17.7 Å². The third-order valence-corrected chi connectivity index (χ3v) is 3.55. The number of anilines is 1. The molecular weight excluding hydrogens is 258 g/mol. The highest BCUT2D eigenvalue weighted by molar-refractivity contribution is 7.99. The molecule has 1 heterocycles. The summed E-state index contributed by atoms with van der Waals surface area (Å²) in [6.07, 6.45) is 0.836. The van der Waals surface area contributed by atoms with E-state index in [9.17, 15) is 8.78 Å². The summed E-state index contributed by atoms with van der Waals surface area (Å²) < 4.78 is 26.9. The van der Waals surface area contributed by atoms with Gasteiger partial charge in [-0.2, -0.15) is 0 Å². The summed E-state index contributed by atoms with van der Waals surface area (Å²) in [5.41, 5.74) is 0. The van der Waals surface area contributed by atoms with Gasteiger partial charge in [0.2, 0.25) is 0 Å². The fourth-order valence-corrected chi connectivity index (χ4v) is 2.09. The quantitative estimate of drug-likeness (QED) is 0.752. The molecule has 0 aliphatic rings. The van der Waals surface area contributed by atoms with Crippen LogP contribution in [-0.2, 0) is 0 Å². The monoisotopic (exact) mass is 276 g/mol. The molecule has 1 aromatic heterocycles.